The highest BCUT2D eigenvalue weighted by atomic mass is 79.9. The fourth-order valence-corrected chi connectivity index (χ4v) is 1.93. The van der Waals surface area contributed by atoms with Gasteiger partial charge in [0, 0.05) is 11.8 Å². The van der Waals surface area contributed by atoms with E-state index in [1.807, 2.05) is 13.8 Å². The van der Waals surface area contributed by atoms with Crippen LogP contribution in [0.2, 0.25) is 0 Å². The van der Waals surface area contributed by atoms with E-state index in [0.29, 0.717) is 10.2 Å². The molecule has 0 bridgehead atoms. The number of rotatable bonds is 5. The number of methoxy groups -OCH3 is 1. The molecule has 1 amide bonds. The lowest BCUT2D eigenvalue weighted by Crippen LogP contribution is -2.45. The summed E-state index contributed by atoms with van der Waals surface area (Å²) in [5, 5.41) is 2.70. The molecule has 1 N–H and O–H groups in total. The monoisotopic (exact) mass is 328 g/mol. The highest BCUT2D eigenvalue weighted by molar-refractivity contribution is 9.10. The van der Waals surface area contributed by atoms with Crippen molar-refractivity contribution in [3.05, 3.63) is 28.5 Å². The fourth-order valence-electron chi connectivity index (χ4n) is 1.56. The number of ether oxygens (including phenoxy) is 1. The Bertz CT molecular complexity index is 465. The maximum atomic E-state index is 12.1. The molecule has 1 aromatic rings. The van der Waals surface area contributed by atoms with Crippen LogP contribution >= 0.6 is 15.9 Å². The van der Waals surface area contributed by atoms with Gasteiger partial charge in [0.25, 0.3) is 5.91 Å². The van der Waals surface area contributed by atoms with Crippen molar-refractivity contribution in [2.75, 3.05) is 7.11 Å². The molecule has 0 spiro atoms. The van der Waals surface area contributed by atoms with E-state index in [9.17, 15) is 9.59 Å². The zero-order valence-corrected chi connectivity index (χ0v) is 12.7. The minimum absolute atomic E-state index is 0.00155. The fraction of sp³-hybridized carbons (Fsp3) is 0.462. The summed E-state index contributed by atoms with van der Waals surface area (Å²) in [4.78, 5) is 27.7. The predicted molar refractivity (Wildman–Crippen MR) is 74.7 cm³/mol. The lowest BCUT2D eigenvalue weighted by atomic mass is 9.99. The topological polar surface area (TPSA) is 68.3 Å². The number of halogens is 1. The van der Waals surface area contributed by atoms with E-state index in [1.165, 1.54) is 13.3 Å². The second kappa shape index (κ2) is 7.23. The Morgan fingerprint density at radius 3 is 2.74 bits per heavy atom. The summed E-state index contributed by atoms with van der Waals surface area (Å²) in [6.07, 6.45) is 2.29. The molecule has 2 unspecified atom stereocenters. The molecule has 2 atom stereocenters. The molecule has 6 heteroatoms. The highest BCUT2D eigenvalue weighted by Gasteiger charge is 2.27. The lowest BCUT2D eigenvalue weighted by molar-refractivity contribution is -0.144. The summed E-state index contributed by atoms with van der Waals surface area (Å²) >= 11 is 3.20. The molecule has 19 heavy (non-hydrogen) atoms. The number of carbonyl (C=O) groups excluding carboxylic acids is 2. The van der Waals surface area contributed by atoms with E-state index in [2.05, 4.69) is 26.2 Å². The largest absolute Gasteiger partial charge is 0.467 e. The molecule has 0 aliphatic rings. The third-order valence-electron chi connectivity index (χ3n) is 2.94. The first-order valence-corrected chi connectivity index (χ1v) is 6.79. The van der Waals surface area contributed by atoms with E-state index in [0.717, 1.165) is 6.42 Å². The second-order valence-electron chi connectivity index (χ2n) is 4.23. The standard InChI is InChI=1S/C13H17BrN2O3/c1-4-8(2)11(13(18)19-3)16-12(17)9-5-6-15-10(14)7-9/h5-8,11H,4H2,1-3H3,(H,16,17). The third kappa shape index (κ3) is 4.31. The Kier molecular flexibility index (Phi) is 5.95. The molecule has 0 fully saturated rings. The van der Waals surface area contributed by atoms with Gasteiger partial charge in [0.2, 0.25) is 0 Å². The summed E-state index contributed by atoms with van der Waals surface area (Å²) < 4.78 is 5.29. The number of carbonyl (C=O) groups is 2. The number of aromatic nitrogens is 1. The van der Waals surface area contributed by atoms with Gasteiger partial charge in [0.1, 0.15) is 10.6 Å². The maximum Gasteiger partial charge on any atom is 0.328 e. The smallest absolute Gasteiger partial charge is 0.328 e. The van der Waals surface area contributed by atoms with Crippen molar-refractivity contribution < 1.29 is 14.3 Å². The van der Waals surface area contributed by atoms with Crippen LogP contribution in [0.15, 0.2) is 22.9 Å². The molecule has 5 nitrogen and oxygen atoms in total. The SMILES string of the molecule is CCC(C)C(NC(=O)c1ccnc(Br)c1)C(=O)OC. The molecule has 0 aliphatic heterocycles. The number of amides is 1. The number of esters is 1. The summed E-state index contributed by atoms with van der Waals surface area (Å²) in [6, 6.07) is 2.54. The Morgan fingerprint density at radius 1 is 1.53 bits per heavy atom. The normalized spacial score (nSPS) is 13.5. The molecule has 0 saturated heterocycles. The summed E-state index contributed by atoms with van der Waals surface area (Å²) in [5.74, 6) is -0.753. The zero-order chi connectivity index (χ0) is 14.4. The van der Waals surface area contributed by atoms with Gasteiger partial charge in [-0.15, -0.1) is 0 Å². The van der Waals surface area contributed by atoms with Gasteiger partial charge in [0.05, 0.1) is 7.11 Å². The van der Waals surface area contributed by atoms with Gasteiger partial charge in [0.15, 0.2) is 0 Å². The van der Waals surface area contributed by atoms with Crippen LogP contribution in [0, 0.1) is 5.92 Å². The van der Waals surface area contributed by atoms with Crippen LogP contribution in [-0.2, 0) is 9.53 Å². The molecular weight excluding hydrogens is 312 g/mol. The summed E-state index contributed by atoms with van der Waals surface area (Å²) in [7, 11) is 1.31. The Hall–Kier alpha value is -1.43. The minimum atomic E-state index is -0.644. The molecule has 1 rings (SSSR count). The van der Waals surface area contributed by atoms with Crippen LogP contribution in [0.3, 0.4) is 0 Å². The van der Waals surface area contributed by atoms with E-state index < -0.39 is 12.0 Å². The van der Waals surface area contributed by atoms with Gasteiger partial charge in [-0.3, -0.25) is 4.79 Å². The minimum Gasteiger partial charge on any atom is -0.467 e. The molecule has 0 saturated carbocycles. The molecule has 1 heterocycles. The van der Waals surface area contributed by atoms with Crippen LogP contribution < -0.4 is 5.32 Å². The van der Waals surface area contributed by atoms with Gasteiger partial charge < -0.3 is 10.1 Å². The van der Waals surface area contributed by atoms with Crippen molar-refractivity contribution in [2.24, 2.45) is 5.92 Å². The van der Waals surface area contributed by atoms with Crippen molar-refractivity contribution in [1.82, 2.24) is 10.3 Å². The van der Waals surface area contributed by atoms with Gasteiger partial charge in [-0.1, -0.05) is 20.3 Å². The predicted octanol–water partition coefficient (Wildman–Crippen LogP) is 2.16. The molecule has 0 radical (unpaired) electrons. The lowest BCUT2D eigenvalue weighted by Gasteiger charge is -2.21. The molecule has 0 aliphatic carbocycles. The van der Waals surface area contributed by atoms with Crippen molar-refractivity contribution in [3.8, 4) is 0 Å². The Labute approximate surface area is 120 Å². The first-order valence-electron chi connectivity index (χ1n) is 5.99. The second-order valence-corrected chi connectivity index (χ2v) is 5.04. The van der Waals surface area contributed by atoms with Crippen LogP contribution in [-0.4, -0.2) is 30.0 Å². The molecule has 0 aromatic carbocycles. The van der Waals surface area contributed by atoms with E-state index in [1.54, 1.807) is 12.1 Å². The van der Waals surface area contributed by atoms with Crippen molar-refractivity contribution in [1.29, 1.82) is 0 Å². The first-order chi connectivity index (χ1) is 8.99. The van der Waals surface area contributed by atoms with Crippen molar-refractivity contribution in [2.45, 2.75) is 26.3 Å². The van der Waals surface area contributed by atoms with Crippen molar-refractivity contribution >= 4 is 27.8 Å². The van der Waals surface area contributed by atoms with Gasteiger partial charge in [-0.25, -0.2) is 9.78 Å². The highest BCUT2D eigenvalue weighted by Crippen LogP contribution is 2.12. The number of nitrogens with zero attached hydrogens (tertiary/aromatic N) is 1. The quantitative estimate of drug-likeness (QED) is 0.664. The van der Waals surface area contributed by atoms with Crippen LogP contribution in [0.4, 0.5) is 0 Å². The molecule has 1 aromatic heterocycles. The van der Waals surface area contributed by atoms with Gasteiger partial charge in [-0.2, -0.15) is 0 Å². The van der Waals surface area contributed by atoms with Crippen LogP contribution in [0.1, 0.15) is 30.6 Å². The van der Waals surface area contributed by atoms with Crippen LogP contribution in [0.25, 0.3) is 0 Å². The summed E-state index contributed by atoms with van der Waals surface area (Å²) in [5.41, 5.74) is 0.444. The first kappa shape index (κ1) is 15.6. The number of hydrogen-bond acceptors (Lipinski definition) is 4. The van der Waals surface area contributed by atoms with Crippen molar-refractivity contribution in [3.63, 3.8) is 0 Å². The zero-order valence-electron chi connectivity index (χ0n) is 11.1. The Balaban J connectivity index is 2.84. The van der Waals surface area contributed by atoms with E-state index in [-0.39, 0.29) is 11.8 Å². The molecular formula is C13H17BrN2O3. The Morgan fingerprint density at radius 2 is 2.21 bits per heavy atom. The molecule has 104 valence electrons. The summed E-state index contributed by atoms with van der Waals surface area (Å²) in [6.45, 7) is 3.85. The number of hydrogen-bond donors (Lipinski definition) is 1. The third-order valence-corrected chi connectivity index (χ3v) is 3.38. The van der Waals surface area contributed by atoms with E-state index >= 15 is 0 Å². The number of pyridine rings is 1. The maximum absolute atomic E-state index is 12.1. The number of nitrogens with one attached hydrogen (secondary N) is 1. The average Bonchev–Trinajstić information content (AvgIpc) is 2.42. The van der Waals surface area contributed by atoms with E-state index in [4.69, 9.17) is 4.74 Å². The van der Waals surface area contributed by atoms with Gasteiger partial charge in [-0.05, 0) is 34.0 Å². The van der Waals surface area contributed by atoms with Gasteiger partial charge >= 0.3 is 5.97 Å². The average molecular weight is 329 g/mol. The van der Waals surface area contributed by atoms with Crippen LogP contribution in [0.5, 0.6) is 0 Å².